The first-order valence-corrected chi connectivity index (χ1v) is 4.32. The Balaban J connectivity index is 2.99. The van der Waals surface area contributed by atoms with Crippen molar-refractivity contribution in [1.82, 2.24) is 9.55 Å². The van der Waals surface area contributed by atoms with Crippen LogP contribution in [0.2, 0.25) is 0 Å². The summed E-state index contributed by atoms with van der Waals surface area (Å²) >= 11 is 0. The third kappa shape index (κ3) is 1.16. The van der Waals surface area contributed by atoms with Gasteiger partial charge in [-0.25, -0.2) is 4.98 Å². The number of hydrogen-bond donors (Lipinski definition) is 1. The van der Waals surface area contributed by atoms with Gasteiger partial charge in [0.2, 0.25) is 5.95 Å². The van der Waals surface area contributed by atoms with Crippen molar-refractivity contribution < 1.29 is 0 Å². The minimum absolute atomic E-state index is 0.101. The van der Waals surface area contributed by atoms with E-state index in [9.17, 15) is 4.79 Å². The van der Waals surface area contributed by atoms with E-state index < -0.39 is 0 Å². The number of rotatable bonds is 0. The molecule has 1 heterocycles. The fourth-order valence-electron chi connectivity index (χ4n) is 1.40. The largest absolute Gasteiger partial charge is 0.369 e. The molecule has 0 aliphatic carbocycles. The molecule has 0 radical (unpaired) electrons. The first kappa shape index (κ1) is 8.74. The van der Waals surface area contributed by atoms with Gasteiger partial charge in [0.05, 0.1) is 10.9 Å². The molecule has 2 rings (SSSR count). The molecule has 0 amide bonds. The van der Waals surface area contributed by atoms with Crippen molar-refractivity contribution in [2.45, 2.75) is 6.92 Å². The van der Waals surface area contributed by atoms with E-state index in [0.717, 1.165) is 5.56 Å². The van der Waals surface area contributed by atoms with Crippen molar-refractivity contribution >= 4 is 16.9 Å². The number of nitrogen functional groups attached to an aromatic ring is 1. The van der Waals surface area contributed by atoms with Gasteiger partial charge in [0.1, 0.15) is 0 Å². The van der Waals surface area contributed by atoms with E-state index >= 15 is 0 Å². The smallest absolute Gasteiger partial charge is 0.262 e. The monoisotopic (exact) mass is 189 g/mol. The Hall–Kier alpha value is -1.84. The van der Waals surface area contributed by atoms with E-state index in [1.807, 2.05) is 25.1 Å². The lowest BCUT2D eigenvalue weighted by Gasteiger charge is -2.04. The summed E-state index contributed by atoms with van der Waals surface area (Å²) in [6.45, 7) is 1.94. The SMILES string of the molecule is Cc1ccc2nc(N)n(C)c(=O)c2c1. The number of fused-ring (bicyclic) bond motifs is 1. The van der Waals surface area contributed by atoms with Crippen molar-refractivity contribution in [1.29, 1.82) is 0 Å². The molecule has 0 aliphatic heterocycles. The van der Waals surface area contributed by atoms with Gasteiger partial charge in [0.15, 0.2) is 0 Å². The Morgan fingerprint density at radius 2 is 2.14 bits per heavy atom. The fourth-order valence-corrected chi connectivity index (χ4v) is 1.40. The molecule has 4 heteroatoms. The molecule has 0 spiro atoms. The predicted octanol–water partition coefficient (Wildman–Crippen LogP) is 0.824. The molecular weight excluding hydrogens is 178 g/mol. The van der Waals surface area contributed by atoms with Crippen molar-refractivity contribution in [3.63, 3.8) is 0 Å². The highest BCUT2D eigenvalue weighted by Gasteiger charge is 2.04. The zero-order valence-electron chi connectivity index (χ0n) is 8.11. The molecule has 1 aromatic carbocycles. The van der Waals surface area contributed by atoms with Crippen molar-refractivity contribution in [3.05, 3.63) is 34.1 Å². The third-order valence-corrected chi connectivity index (χ3v) is 2.27. The van der Waals surface area contributed by atoms with Gasteiger partial charge >= 0.3 is 0 Å². The van der Waals surface area contributed by atoms with Crippen molar-refractivity contribution in [3.8, 4) is 0 Å². The second-order valence-corrected chi connectivity index (χ2v) is 3.35. The van der Waals surface area contributed by atoms with Crippen LogP contribution in [0, 0.1) is 6.92 Å². The summed E-state index contributed by atoms with van der Waals surface area (Å²) in [4.78, 5) is 15.9. The molecule has 0 unspecified atom stereocenters. The van der Waals surface area contributed by atoms with Crippen LogP contribution in [0.1, 0.15) is 5.56 Å². The van der Waals surface area contributed by atoms with Gasteiger partial charge in [-0.1, -0.05) is 11.6 Å². The van der Waals surface area contributed by atoms with E-state index in [1.165, 1.54) is 4.57 Å². The van der Waals surface area contributed by atoms with Gasteiger partial charge in [0.25, 0.3) is 5.56 Å². The van der Waals surface area contributed by atoms with E-state index in [2.05, 4.69) is 4.98 Å². The molecule has 0 fully saturated rings. The van der Waals surface area contributed by atoms with Crippen LogP contribution in [-0.4, -0.2) is 9.55 Å². The van der Waals surface area contributed by atoms with Gasteiger partial charge in [0, 0.05) is 7.05 Å². The van der Waals surface area contributed by atoms with Crippen molar-refractivity contribution in [2.75, 3.05) is 5.73 Å². The highest BCUT2D eigenvalue weighted by atomic mass is 16.1. The summed E-state index contributed by atoms with van der Waals surface area (Å²) in [5, 5.41) is 0.613. The standard InChI is InChI=1S/C10H11N3O/c1-6-3-4-8-7(5-6)9(14)13(2)10(11)12-8/h3-5H,1-2H3,(H2,11,12). The Morgan fingerprint density at radius 3 is 2.86 bits per heavy atom. The molecule has 2 N–H and O–H groups in total. The predicted molar refractivity (Wildman–Crippen MR) is 56.1 cm³/mol. The molecule has 0 bridgehead atoms. The normalized spacial score (nSPS) is 10.7. The second kappa shape index (κ2) is 2.83. The van der Waals surface area contributed by atoms with Gasteiger partial charge < -0.3 is 5.73 Å². The summed E-state index contributed by atoms with van der Waals surface area (Å²) in [6, 6.07) is 5.54. The summed E-state index contributed by atoms with van der Waals surface area (Å²) in [7, 11) is 1.62. The average Bonchev–Trinajstić information content (AvgIpc) is 2.16. The third-order valence-electron chi connectivity index (χ3n) is 2.27. The first-order valence-electron chi connectivity index (χ1n) is 4.32. The average molecular weight is 189 g/mol. The van der Waals surface area contributed by atoms with Crippen LogP contribution in [0.5, 0.6) is 0 Å². The summed E-state index contributed by atoms with van der Waals surface area (Å²) in [5.41, 5.74) is 7.17. The molecule has 72 valence electrons. The maximum absolute atomic E-state index is 11.7. The van der Waals surface area contributed by atoms with E-state index in [-0.39, 0.29) is 11.5 Å². The van der Waals surface area contributed by atoms with Crippen LogP contribution in [0.4, 0.5) is 5.95 Å². The van der Waals surface area contributed by atoms with Crippen molar-refractivity contribution in [2.24, 2.45) is 7.05 Å². The molecule has 14 heavy (non-hydrogen) atoms. The van der Waals surface area contributed by atoms with Crippen LogP contribution in [0.15, 0.2) is 23.0 Å². The minimum Gasteiger partial charge on any atom is -0.369 e. The van der Waals surface area contributed by atoms with Crippen LogP contribution < -0.4 is 11.3 Å². The first-order chi connectivity index (χ1) is 6.59. The lowest BCUT2D eigenvalue weighted by molar-refractivity contribution is 0.861. The molecule has 0 aliphatic rings. The molecule has 4 nitrogen and oxygen atoms in total. The second-order valence-electron chi connectivity index (χ2n) is 3.35. The number of aryl methyl sites for hydroxylation is 1. The lowest BCUT2D eigenvalue weighted by atomic mass is 10.2. The van der Waals surface area contributed by atoms with Crippen LogP contribution >= 0.6 is 0 Å². The molecule has 2 aromatic rings. The Bertz CT molecular complexity index is 557. The van der Waals surface area contributed by atoms with E-state index in [0.29, 0.717) is 10.9 Å². The molecule has 0 saturated heterocycles. The summed E-state index contributed by atoms with van der Waals surface area (Å²) in [5.74, 6) is 0.242. The maximum atomic E-state index is 11.7. The molecule has 0 saturated carbocycles. The van der Waals surface area contributed by atoms with Gasteiger partial charge in [-0.15, -0.1) is 0 Å². The lowest BCUT2D eigenvalue weighted by Crippen LogP contribution is -2.21. The summed E-state index contributed by atoms with van der Waals surface area (Å²) in [6.07, 6.45) is 0. The van der Waals surface area contributed by atoms with Crippen LogP contribution in [0.3, 0.4) is 0 Å². The molecular formula is C10H11N3O. The van der Waals surface area contributed by atoms with E-state index in [1.54, 1.807) is 7.05 Å². The topological polar surface area (TPSA) is 60.9 Å². The molecule has 1 aromatic heterocycles. The van der Waals surface area contributed by atoms with Gasteiger partial charge in [-0.2, -0.15) is 0 Å². The quantitative estimate of drug-likeness (QED) is 0.667. The van der Waals surface area contributed by atoms with Crippen LogP contribution in [-0.2, 0) is 7.05 Å². The highest BCUT2D eigenvalue weighted by Crippen LogP contribution is 2.10. The number of nitrogens with two attached hydrogens (primary N) is 1. The molecule has 0 atom stereocenters. The Kier molecular flexibility index (Phi) is 1.77. The number of benzene rings is 1. The Morgan fingerprint density at radius 1 is 1.43 bits per heavy atom. The minimum atomic E-state index is -0.101. The number of nitrogens with zero attached hydrogens (tertiary/aromatic N) is 2. The number of anilines is 1. The highest BCUT2D eigenvalue weighted by molar-refractivity contribution is 5.79. The Labute approximate surface area is 81.0 Å². The fraction of sp³-hybridized carbons (Fsp3) is 0.200. The van der Waals surface area contributed by atoms with E-state index in [4.69, 9.17) is 5.73 Å². The maximum Gasteiger partial charge on any atom is 0.262 e. The van der Waals surface area contributed by atoms with Gasteiger partial charge in [-0.3, -0.25) is 9.36 Å². The zero-order chi connectivity index (χ0) is 10.3. The number of hydrogen-bond acceptors (Lipinski definition) is 3. The van der Waals surface area contributed by atoms with Crippen LogP contribution in [0.25, 0.3) is 10.9 Å². The summed E-state index contributed by atoms with van der Waals surface area (Å²) < 4.78 is 1.35. The van der Waals surface area contributed by atoms with Gasteiger partial charge in [-0.05, 0) is 19.1 Å². The number of aromatic nitrogens is 2. The zero-order valence-corrected chi connectivity index (χ0v) is 8.11.